The number of ether oxygens (including phenoxy) is 1. The van der Waals surface area contributed by atoms with Gasteiger partial charge in [0.1, 0.15) is 5.75 Å². The molecule has 1 amide bonds. The third-order valence-corrected chi connectivity index (χ3v) is 4.34. The minimum absolute atomic E-state index is 0.0102. The van der Waals surface area contributed by atoms with Gasteiger partial charge in [-0.05, 0) is 82.4 Å². The number of amides is 1. The Morgan fingerprint density at radius 1 is 1.26 bits per heavy atom. The maximum atomic E-state index is 12.3. The lowest BCUT2D eigenvalue weighted by atomic mass is 9.92. The molecule has 2 rings (SSSR count). The fourth-order valence-corrected chi connectivity index (χ4v) is 2.99. The molecule has 128 valence electrons. The lowest BCUT2D eigenvalue weighted by molar-refractivity contribution is -0.128. The molecule has 1 unspecified atom stereocenters. The number of carbonyl (C=O) groups is 1. The summed E-state index contributed by atoms with van der Waals surface area (Å²) in [4.78, 5) is 14.4. The molecule has 0 radical (unpaired) electrons. The summed E-state index contributed by atoms with van der Waals surface area (Å²) in [6.07, 6.45) is 6.04. The van der Waals surface area contributed by atoms with Crippen LogP contribution in [0.25, 0.3) is 0 Å². The molecular weight excluding hydrogens is 288 g/mol. The van der Waals surface area contributed by atoms with Crippen molar-refractivity contribution in [3.8, 4) is 5.75 Å². The number of nitrogens with zero attached hydrogens (tertiary/aromatic N) is 1. The molecule has 0 aromatic heterocycles. The average Bonchev–Trinajstić information content (AvgIpc) is 2.56. The number of carbonyl (C=O) groups excluding carboxylic acids is 1. The quantitative estimate of drug-likeness (QED) is 0.750. The van der Waals surface area contributed by atoms with Crippen LogP contribution < -0.4 is 10.1 Å². The second kappa shape index (κ2) is 8.92. The van der Waals surface area contributed by atoms with Gasteiger partial charge in [0.05, 0.1) is 0 Å². The van der Waals surface area contributed by atoms with Gasteiger partial charge in [0.15, 0.2) is 6.10 Å². The van der Waals surface area contributed by atoms with Crippen LogP contribution in [-0.2, 0) is 17.6 Å². The molecule has 0 heterocycles. The van der Waals surface area contributed by atoms with Gasteiger partial charge in [-0.2, -0.15) is 0 Å². The standard InChI is InChI=1S/C19H30N2O2/c1-4-18(19(22)20-12-7-13-21(2)3)23-17-11-10-15-8-5-6-9-16(15)14-17/h10-11,14,18H,4-9,12-13H2,1-3H3,(H,20,22). The zero-order valence-electron chi connectivity index (χ0n) is 14.7. The predicted octanol–water partition coefficient (Wildman–Crippen LogP) is 2.79. The molecule has 1 aliphatic carbocycles. The zero-order valence-corrected chi connectivity index (χ0v) is 14.7. The van der Waals surface area contributed by atoms with Gasteiger partial charge in [-0.3, -0.25) is 4.79 Å². The Morgan fingerprint density at radius 2 is 2.00 bits per heavy atom. The van der Waals surface area contributed by atoms with Crippen LogP contribution in [0.1, 0.15) is 43.7 Å². The largest absolute Gasteiger partial charge is 0.481 e. The van der Waals surface area contributed by atoms with E-state index in [9.17, 15) is 4.79 Å². The van der Waals surface area contributed by atoms with E-state index < -0.39 is 6.10 Å². The third-order valence-electron chi connectivity index (χ3n) is 4.34. The van der Waals surface area contributed by atoms with Gasteiger partial charge < -0.3 is 15.0 Å². The third kappa shape index (κ3) is 5.54. The highest BCUT2D eigenvalue weighted by Crippen LogP contribution is 2.26. The van der Waals surface area contributed by atoms with Crippen molar-refractivity contribution >= 4 is 5.91 Å². The topological polar surface area (TPSA) is 41.6 Å². The molecule has 23 heavy (non-hydrogen) atoms. The number of benzene rings is 1. The summed E-state index contributed by atoms with van der Waals surface area (Å²) in [6, 6.07) is 6.29. The molecule has 1 N–H and O–H groups in total. The van der Waals surface area contributed by atoms with Crippen molar-refractivity contribution in [3.63, 3.8) is 0 Å². The molecule has 4 nitrogen and oxygen atoms in total. The van der Waals surface area contributed by atoms with E-state index in [0.29, 0.717) is 13.0 Å². The normalized spacial score (nSPS) is 15.1. The van der Waals surface area contributed by atoms with E-state index in [0.717, 1.165) is 25.1 Å². The summed E-state index contributed by atoms with van der Waals surface area (Å²) in [5.41, 5.74) is 2.82. The Kier molecular flexibility index (Phi) is 6.90. The second-order valence-electron chi connectivity index (χ2n) is 6.60. The smallest absolute Gasteiger partial charge is 0.261 e. The van der Waals surface area contributed by atoms with Gasteiger partial charge >= 0.3 is 0 Å². The first-order chi connectivity index (χ1) is 11.1. The first kappa shape index (κ1) is 17.8. The van der Waals surface area contributed by atoms with Gasteiger partial charge in [0.25, 0.3) is 5.91 Å². The maximum Gasteiger partial charge on any atom is 0.261 e. The van der Waals surface area contributed by atoms with Crippen molar-refractivity contribution in [3.05, 3.63) is 29.3 Å². The van der Waals surface area contributed by atoms with Crippen LogP contribution in [0.5, 0.6) is 5.75 Å². The number of hydrogen-bond donors (Lipinski definition) is 1. The number of hydrogen-bond acceptors (Lipinski definition) is 3. The van der Waals surface area contributed by atoms with E-state index in [1.54, 1.807) is 0 Å². The van der Waals surface area contributed by atoms with Crippen LogP contribution in [0.2, 0.25) is 0 Å². The molecule has 0 bridgehead atoms. The van der Waals surface area contributed by atoms with E-state index in [-0.39, 0.29) is 5.91 Å². The molecule has 1 atom stereocenters. The molecule has 0 saturated heterocycles. The molecule has 0 fully saturated rings. The van der Waals surface area contributed by atoms with Gasteiger partial charge in [0, 0.05) is 6.54 Å². The summed E-state index contributed by atoms with van der Waals surface area (Å²) >= 11 is 0. The minimum atomic E-state index is -0.406. The lowest BCUT2D eigenvalue weighted by Gasteiger charge is -2.20. The van der Waals surface area contributed by atoms with Gasteiger partial charge in [-0.25, -0.2) is 0 Å². The van der Waals surface area contributed by atoms with Crippen LogP contribution in [0.3, 0.4) is 0 Å². The van der Waals surface area contributed by atoms with E-state index >= 15 is 0 Å². The molecule has 1 aromatic carbocycles. The minimum Gasteiger partial charge on any atom is -0.481 e. The molecule has 0 saturated carbocycles. The average molecular weight is 318 g/mol. The summed E-state index contributed by atoms with van der Waals surface area (Å²) in [5, 5.41) is 2.98. The molecule has 1 aromatic rings. The number of rotatable bonds is 8. The van der Waals surface area contributed by atoms with E-state index in [4.69, 9.17) is 4.74 Å². The maximum absolute atomic E-state index is 12.3. The SMILES string of the molecule is CCC(Oc1ccc2c(c1)CCCC2)C(=O)NCCCN(C)C. The second-order valence-corrected chi connectivity index (χ2v) is 6.60. The summed E-state index contributed by atoms with van der Waals surface area (Å²) in [5.74, 6) is 0.810. The molecular formula is C19H30N2O2. The van der Waals surface area contributed by atoms with Crippen molar-refractivity contribution in [2.24, 2.45) is 0 Å². The van der Waals surface area contributed by atoms with Crippen molar-refractivity contribution in [2.75, 3.05) is 27.2 Å². The van der Waals surface area contributed by atoms with E-state index in [2.05, 4.69) is 22.3 Å². The number of fused-ring (bicyclic) bond motifs is 1. The molecule has 0 spiro atoms. The van der Waals surface area contributed by atoms with Crippen molar-refractivity contribution < 1.29 is 9.53 Å². The Balaban J connectivity index is 1.87. The van der Waals surface area contributed by atoms with Crippen molar-refractivity contribution in [1.82, 2.24) is 10.2 Å². The van der Waals surface area contributed by atoms with Crippen LogP contribution in [-0.4, -0.2) is 44.1 Å². The van der Waals surface area contributed by atoms with Gasteiger partial charge in [-0.1, -0.05) is 13.0 Å². The fraction of sp³-hybridized carbons (Fsp3) is 0.632. The zero-order chi connectivity index (χ0) is 16.7. The van der Waals surface area contributed by atoms with Crippen molar-refractivity contribution in [1.29, 1.82) is 0 Å². The summed E-state index contributed by atoms with van der Waals surface area (Å²) in [6.45, 7) is 3.66. The number of nitrogens with one attached hydrogen (secondary N) is 1. The molecule has 0 aliphatic heterocycles. The first-order valence-electron chi connectivity index (χ1n) is 8.81. The summed E-state index contributed by atoms with van der Waals surface area (Å²) in [7, 11) is 4.08. The fourth-order valence-electron chi connectivity index (χ4n) is 2.99. The Labute approximate surface area is 140 Å². The van der Waals surface area contributed by atoms with Crippen LogP contribution in [0.15, 0.2) is 18.2 Å². The van der Waals surface area contributed by atoms with Crippen molar-refractivity contribution in [2.45, 2.75) is 51.6 Å². The number of aryl methyl sites for hydroxylation is 2. The van der Waals surface area contributed by atoms with E-state index in [1.165, 1.54) is 30.4 Å². The summed E-state index contributed by atoms with van der Waals surface area (Å²) < 4.78 is 5.95. The van der Waals surface area contributed by atoms with Crippen LogP contribution >= 0.6 is 0 Å². The van der Waals surface area contributed by atoms with E-state index in [1.807, 2.05) is 27.1 Å². The van der Waals surface area contributed by atoms with Gasteiger partial charge in [-0.15, -0.1) is 0 Å². The highest BCUT2D eigenvalue weighted by Gasteiger charge is 2.19. The highest BCUT2D eigenvalue weighted by molar-refractivity contribution is 5.81. The Bertz CT molecular complexity index is 514. The van der Waals surface area contributed by atoms with Crippen LogP contribution in [0, 0.1) is 0 Å². The first-order valence-corrected chi connectivity index (χ1v) is 8.81. The molecule has 1 aliphatic rings. The molecule has 4 heteroatoms. The highest BCUT2D eigenvalue weighted by atomic mass is 16.5. The Hall–Kier alpha value is -1.55. The van der Waals surface area contributed by atoms with Crippen LogP contribution in [0.4, 0.5) is 0 Å². The monoisotopic (exact) mass is 318 g/mol. The lowest BCUT2D eigenvalue weighted by Crippen LogP contribution is -2.39. The van der Waals surface area contributed by atoms with Gasteiger partial charge in [0.2, 0.25) is 0 Å². The predicted molar refractivity (Wildman–Crippen MR) is 94.0 cm³/mol. The Morgan fingerprint density at radius 3 is 2.70 bits per heavy atom.